The predicted octanol–water partition coefficient (Wildman–Crippen LogP) is 3.37. The molecule has 0 spiro atoms. The molecule has 27 heavy (non-hydrogen) atoms. The Balaban J connectivity index is 1.45. The van der Waals surface area contributed by atoms with Gasteiger partial charge in [0.15, 0.2) is 0 Å². The van der Waals surface area contributed by atoms with Crippen molar-refractivity contribution in [3.05, 3.63) is 34.1 Å². The molecular formula is C21H28ClFN2O2. The molecule has 3 fully saturated rings. The maximum Gasteiger partial charge on any atom is 0.225 e. The fourth-order valence-corrected chi connectivity index (χ4v) is 4.92. The van der Waals surface area contributed by atoms with Crippen molar-refractivity contribution < 1.29 is 14.3 Å². The third-order valence-electron chi connectivity index (χ3n) is 6.88. The summed E-state index contributed by atoms with van der Waals surface area (Å²) in [6, 6.07) is 3.44. The number of hydrogen-bond acceptors (Lipinski definition) is 3. The summed E-state index contributed by atoms with van der Waals surface area (Å²) in [5, 5.41) is 11.5. The van der Waals surface area contributed by atoms with Crippen molar-refractivity contribution in [3.8, 4) is 0 Å². The second-order valence-corrected chi connectivity index (χ2v) is 9.01. The summed E-state index contributed by atoms with van der Waals surface area (Å²) in [6.45, 7) is 4.82. The van der Waals surface area contributed by atoms with E-state index in [2.05, 4.69) is 4.90 Å². The van der Waals surface area contributed by atoms with Gasteiger partial charge in [-0.2, -0.15) is 0 Å². The number of likely N-dealkylation sites (tertiary alicyclic amines) is 2. The molecule has 0 radical (unpaired) electrons. The van der Waals surface area contributed by atoms with E-state index < -0.39 is 5.60 Å². The number of hydrogen-bond donors (Lipinski definition) is 1. The van der Waals surface area contributed by atoms with Gasteiger partial charge < -0.3 is 10.0 Å². The first-order valence-electron chi connectivity index (χ1n) is 10.0. The van der Waals surface area contributed by atoms with Gasteiger partial charge in [0.05, 0.1) is 5.60 Å². The molecule has 0 unspecified atom stereocenters. The lowest BCUT2D eigenvalue weighted by Crippen LogP contribution is -2.61. The maximum absolute atomic E-state index is 14.5. The molecule has 1 aliphatic carbocycles. The molecule has 0 bridgehead atoms. The Morgan fingerprint density at radius 1 is 1.30 bits per heavy atom. The molecule has 1 aromatic rings. The molecule has 2 heterocycles. The van der Waals surface area contributed by atoms with E-state index in [1.165, 1.54) is 0 Å². The van der Waals surface area contributed by atoms with Crippen molar-refractivity contribution in [2.75, 3.05) is 26.2 Å². The molecule has 148 valence electrons. The number of aryl methyl sites for hydroxylation is 1. The first-order valence-corrected chi connectivity index (χ1v) is 10.4. The maximum atomic E-state index is 14.5. The zero-order valence-corrected chi connectivity index (χ0v) is 16.6. The summed E-state index contributed by atoms with van der Waals surface area (Å²) >= 11 is 6.24. The highest BCUT2D eigenvalue weighted by Gasteiger charge is 2.46. The zero-order valence-electron chi connectivity index (χ0n) is 15.9. The minimum Gasteiger partial charge on any atom is -0.389 e. The first kappa shape index (κ1) is 19.2. The Morgan fingerprint density at radius 2 is 2.04 bits per heavy atom. The van der Waals surface area contributed by atoms with Gasteiger partial charge in [-0.25, -0.2) is 4.39 Å². The lowest BCUT2D eigenvalue weighted by Gasteiger charge is -2.51. The smallest absolute Gasteiger partial charge is 0.225 e. The Kier molecular flexibility index (Phi) is 5.21. The van der Waals surface area contributed by atoms with E-state index in [9.17, 15) is 14.3 Å². The fraction of sp³-hybridized carbons (Fsp3) is 0.667. The van der Waals surface area contributed by atoms with E-state index in [-0.39, 0.29) is 23.6 Å². The summed E-state index contributed by atoms with van der Waals surface area (Å²) in [6.07, 6.45) is 4.45. The normalized spacial score (nSPS) is 29.3. The van der Waals surface area contributed by atoms with Gasteiger partial charge in [-0.1, -0.05) is 24.1 Å². The van der Waals surface area contributed by atoms with Crippen molar-refractivity contribution in [2.24, 2.45) is 11.8 Å². The van der Waals surface area contributed by atoms with Crippen molar-refractivity contribution in [3.63, 3.8) is 0 Å². The average molecular weight is 395 g/mol. The number of rotatable bonds is 3. The summed E-state index contributed by atoms with van der Waals surface area (Å²) < 4.78 is 14.5. The highest BCUT2D eigenvalue weighted by molar-refractivity contribution is 6.31. The van der Waals surface area contributed by atoms with E-state index in [1.54, 1.807) is 19.1 Å². The molecule has 3 aliphatic rings. The van der Waals surface area contributed by atoms with Crippen LogP contribution in [0.25, 0.3) is 0 Å². The monoisotopic (exact) mass is 394 g/mol. The summed E-state index contributed by atoms with van der Waals surface area (Å²) in [4.78, 5) is 16.7. The first-order chi connectivity index (χ1) is 12.9. The lowest BCUT2D eigenvalue weighted by atomic mass is 9.74. The molecule has 1 amide bonds. The van der Waals surface area contributed by atoms with Gasteiger partial charge in [0.1, 0.15) is 5.82 Å². The summed E-state index contributed by atoms with van der Waals surface area (Å²) in [5.41, 5.74) is 0.417. The number of nitrogens with zero attached hydrogens (tertiary/aromatic N) is 2. The number of piperidine rings is 2. The Morgan fingerprint density at radius 3 is 2.74 bits per heavy atom. The quantitative estimate of drug-likeness (QED) is 0.854. The van der Waals surface area contributed by atoms with Crippen LogP contribution in [0.1, 0.15) is 43.2 Å². The summed E-state index contributed by atoms with van der Waals surface area (Å²) in [7, 11) is 0. The van der Waals surface area contributed by atoms with E-state index in [0.717, 1.165) is 19.3 Å². The standard InChI is InChI=1S/C21H28ClFN2O2/c1-14-5-6-18(22)17(19(14)23)13-24-9-7-21(27)8-10-25(12-16(21)11-24)20(26)15-3-2-4-15/h5-6,15-16,27H,2-4,7-13H2,1H3/t16-,21-/m1/s1. The van der Waals surface area contributed by atoms with Gasteiger partial charge >= 0.3 is 0 Å². The van der Waals surface area contributed by atoms with Gasteiger partial charge in [0.2, 0.25) is 5.91 Å². The Bertz CT molecular complexity index is 739. The van der Waals surface area contributed by atoms with Crippen LogP contribution >= 0.6 is 11.6 Å². The van der Waals surface area contributed by atoms with Crippen LogP contribution in [0.3, 0.4) is 0 Å². The molecular weight excluding hydrogens is 367 g/mol. The molecule has 1 N–H and O–H groups in total. The van der Waals surface area contributed by atoms with Crippen molar-refractivity contribution in [1.82, 2.24) is 9.80 Å². The predicted molar refractivity (Wildman–Crippen MR) is 103 cm³/mol. The zero-order chi connectivity index (χ0) is 19.2. The molecule has 2 saturated heterocycles. The lowest BCUT2D eigenvalue weighted by molar-refractivity contribution is -0.153. The van der Waals surface area contributed by atoms with Gasteiger partial charge in [-0.3, -0.25) is 9.69 Å². The molecule has 1 saturated carbocycles. The molecule has 4 rings (SSSR count). The van der Waals surface area contributed by atoms with Crippen LogP contribution < -0.4 is 0 Å². The van der Waals surface area contributed by atoms with Crippen molar-refractivity contribution >= 4 is 17.5 Å². The average Bonchev–Trinajstić information content (AvgIpc) is 2.60. The molecule has 1 aromatic carbocycles. The van der Waals surface area contributed by atoms with Crippen LogP contribution in [0.2, 0.25) is 5.02 Å². The molecule has 0 aromatic heterocycles. The minimum absolute atomic E-state index is 0.00988. The second-order valence-electron chi connectivity index (χ2n) is 8.60. The number of aliphatic hydroxyl groups is 1. The van der Waals surface area contributed by atoms with Crippen LogP contribution in [0, 0.1) is 24.6 Å². The Labute approximate surface area is 165 Å². The third kappa shape index (κ3) is 3.62. The number of carbonyl (C=O) groups excluding carboxylic acids is 1. The summed E-state index contributed by atoms with van der Waals surface area (Å²) in [5.74, 6) is 0.216. The van der Waals surface area contributed by atoms with E-state index in [0.29, 0.717) is 61.7 Å². The number of amides is 1. The number of carbonyl (C=O) groups is 1. The molecule has 2 aliphatic heterocycles. The van der Waals surface area contributed by atoms with Gasteiger partial charge in [-0.05, 0) is 44.2 Å². The highest BCUT2D eigenvalue weighted by atomic mass is 35.5. The molecule has 6 heteroatoms. The van der Waals surface area contributed by atoms with Gasteiger partial charge in [-0.15, -0.1) is 0 Å². The van der Waals surface area contributed by atoms with Crippen LogP contribution in [0.5, 0.6) is 0 Å². The molecule has 4 nitrogen and oxygen atoms in total. The van der Waals surface area contributed by atoms with E-state index >= 15 is 0 Å². The van der Waals surface area contributed by atoms with E-state index in [4.69, 9.17) is 11.6 Å². The minimum atomic E-state index is -0.707. The third-order valence-corrected chi connectivity index (χ3v) is 7.24. The largest absolute Gasteiger partial charge is 0.389 e. The van der Waals surface area contributed by atoms with Gasteiger partial charge in [0, 0.05) is 55.1 Å². The highest BCUT2D eigenvalue weighted by Crippen LogP contribution is 2.38. The number of benzene rings is 1. The van der Waals surface area contributed by atoms with Crippen LogP contribution in [0.4, 0.5) is 4.39 Å². The second kappa shape index (κ2) is 7.34. The number of fused-ring (bicyclic) bond motifs is 1. The van der Waals surface area contributed by atoms with E-state index in [1.807, 2.05) is 4.90 Å². The Hall–Kier alpha value is -1.17. The van der Waals surface area contributed by atoms with Gasteiger partial charge in [0.25, 0.3) is 0 Å². The van der Waals surface area contributed by atoms with Crippen LogP contribution in [0.15, 0.2) is 12.1 Å². The topological polar surface area (TPSA) is 43.8 Å². The van der Waals surface area contributed by atoms with Crippen molar-refractivity contribution in [2.45, 2.75) is 51.2 Å². The van der Waals surface area contributed by atoms with Crippen molar-refractivity contribution in [1.29, 1.82) is 0 Å². The molecule has 2 atom stereocenters. The van der Waals surface area contributed by atoms with Crippen LogP contribution in [-0.2, 0) is 11.3 Å². The fourth-order valence-electron chi connectivity index (χ4n) is 4.71. The number of halogens is 2. The SMILES string of the molecule is Cc1ccc(Cl)c(CN2CC[C@@]3(O)CCN(C(=O)C4CCC4)C[C@H]3C2)c1F. The van der Waals surface area contributed by atoms with Crippen LogP contribution in [-0.4, -0.2) is 52.6 Å².